The van der Waals surface area contributed by atoms with Gasteiger partial charge in [-0.25, -0.2) is 0 Å². The van der Waals surface area contributed by atoms with Crippen LogP contribution in [-0.2, 0) is 14.9 Å². The summed E-state index contributed by atoms with van der Waals surface area (Å²) < 4.78 is 16.0. The van der Waals surface area contributed by atoms with Crippen LogP contribution in [0.2, 0.25) is 0 Å². The van der Waals surface area contributed by atoms with E-state index in [1.807, 2.05) is 18.2 Å². The summed E-state index contributed by atoms with van der Waals surface area (Å²) in [5.41, 5.74) is 0.269. The predicted molar refractivity (Wildman–Crippen MR) is 83.0 cm³/mol. The van der Waals surface area contributed by atoms with Crippen molar-refractivity contribution < 1.29 is 19.0 Å². The highest BCUT2D eigenvalue weighted by Crippen LogP contribution is 2.35. The van der Waals surface area contributed by atoms with Crippen LogP contribution in [0.15, 0.2) is 18.2 Å². The van der Waals surface area contributed by atoms with Crippen molar-refractivity contribution in [3.8, 4) is 11.5 Å². The molecule has 0 bridgehead atoms. The summed E-state index contributed by atoms with van der Waals surface area (Å²) in [6.07, 6.45) is 0. The molecule has 0 aromatic heterocycles. The summed E-state index contributed by atoms with van der Waals surface area (Å²) in [5.74, 6) is 1.27. The van der Waals surface area contributed by atoms with Crippen LogP contribution in [-0.4, -0.2) is 26.8 Å². The zero-order valence-corrected chi connectivity index (χ0v) is 14.1. The van der Waals surface area contributed by atoms with Crippen LogP contribution >= 0.6 is 0 Å². The normalized spacial score (nSPS) is 12.0. The number of methoxy groups -OCH3 is 2. The molecule has 4 nitrogen and oxygen atoms in total. The minimum atomic E-state index is -0.691. The molecule has 118 valence electrons. The fourth-order valence-corrected chi connectivity index (χ4v) is 1.94. The summed E-state index contributed by atoms with van der Waals surface area (Å²) >= 11 is 0. The summed E-state index contributed by atoms with van der Waals surface area (Å²) in [5, 5.41) is 0. The Balaban J connectivity index is 3.01. The topological polar surface area (TPSA) is 44.8 Å². The van der Waals surface area contributed by atoms with Crippen molar-refractivity contribution in [2.45, 2.75) is 40.0 Å². The molecular formula is C17H26O4. The fourth-order valence-electron chi connectivity index (χ4n) is 1.94. The van der Waals surface area contributed by atoms with Gasteiger partial charge in [0.25, 0.3) is 0 Å². The lowest BCUT2D eigenvalue weighted by molar-refractivity contribution is -0.152. The summed E-state index contributed by atoms with van der Waals surface area (Å²) in [6, 6.07) is 5.71. The predicted octanol–water partition coefficient (Wildman–Crippen LogP) is 3.57. The Labute approximate surface area is 127 Å². The molecule has 0 N–H and O–H groups in total. The van der Waals surface area contributed by atoms with E-state index in [0.717, 1.165) is 17.1 Å². The fraction of sp³-hybridized carbons (Fsp3) is 0.588. The minimum Gasteiger partial charge on any atom is -0.497 e. The van der Waals surface area contributed by atoms with Gasteiger partial charge in [-0.2, -0.15) is 0 Å². The molecule has 0 unspecified atom stereocenters. The maximum atomic E-state index is 11.7. The Hall–Kier alpha value is -1.71. The van der Waals surface area contributed by atoms with E-state index >= 15 is 0 Å². The lowest BCUT2D eigenvalue weighted by atomic mass is 9.86. The molecule has 1 rings (SSSR count). The maximum absolute atomic E-state index is 11.7. The first kappa shape index (κ1) is 17.3. The molecule has 0 atom stereocenters. The van der Waals surface area contributed by atoms with Gasteiger partial charge in [0.1, 0.15) is 18.1 Å². The van der Waals surface area contributed by atoms with Gasteiger partial charge in [-0.1, -0.05) is 20.8 Å². The molecular weight excluding hydrogens is 268 g/mol. The van der Waals surface area contributed by atoms with Crippen molar-refractivity contribution in [1.29, 1.82) is 0 Å². The van der Waals surface area contributed by atoms with Gasteiger partial charge in [-0.15, -0.1) is 0 Å². The number of hydrogen-bond acceptors (Lipinski definition) is 4. The van der Waals surface area contributed by atoms with Crippen LogP contribution in [0, 0.1) is 5.41 Å². The summed E-state index contributed by atoms with van der Waals surface area (Å²) in [6.45, 7) is 10.2. The first-order chi connectivity index (χ1) is 9.61. The second-order valence-electron chi connectivity index (χ2n) is 6.78. The molecule has 0 saturated heterocycles. The van der Waals surface area contributed by atoms with Crippen LogP contribution in [0.3, 0.4) is 0 Å². The Bertz CT molecular complexity index is 498. The van der Waals surface area contributed by atoms with Crippen LogP contribution in [0.5, 0.6) is 11.5 Å². The second kappa shape index (κ2) is 6.37. The van der Waals surface area contributed by atoms with Crippen LogP contribution in [0.1, 0.15) is 40.2 Å². The van der Waals surface area contributed by atoms with E-state index in [0.29, 0.717) is 0 Å². The van der Waals surface area contributed by atoms with Crippen LogP contribution in [0.4, 0.5) is 0 Å². The van der Waals surface area contributed by atoms with E-state index in [4.69, 9.17) is 14.2 Å². The SMILES string of the molecule is COC(=O)C(C)(C)COc1ccc(OC)cc1C(C)(C)C. The highest BCUT2D eigenvalue weighted by Gasteiger charge is 2.30. The third kappa shape index (κ3) is 4.38. The van der Waals surface area contributed by atoms with E-state index in [2.05, 4.69) is 20.8 Å². The lowest BCUT2D eigenvalue weighted by Gasteiger charge is -2.26. The number of rotatable bonds is 5. The number of benzene rings is 1. The molecule has 0 heterocycles. The number of carbonyl (C=O) groups is 1. The Kier molecular flexibility index (Phi) is 5.26. The first-order valence-corrected chi connectivity index (χ1v) is 7.01. The largest absolute Gasteiger partial charge is 0.497 e. The van der Waals surface area contributed by atoms with Crippen molar-refractivity contribution in [2.75, 3.05) is 20.8 Å². The standard InChI is InChI=1S/C17H26O4/c1-16(2,3)13-10-12(19-6)8-9-14(13)21-11-17(4,5)15(18)20-7/h8-10H,11H2,1-7H3. The number of esters is 1. The van der Waals surface area contributed by atoms with E-state index in [-0.39, 0.29) is 18.0 Å². The molecule has 0 aliphatic rings. The maximum Gasteiger partial charge on any atom is 0.314 e. The van der Waals surface area contributed by atoms with Crippen molar-refractivity contribution in [3.63, 3.8) is 0 Å². The minimum absolute atomic E-state index is 0.0840. The monoisotopic (exact) mass is 294 g/mol. The average Bonchev–Trinajstić information content (AvgIpc) is 2.43. The Morgan fingerprint density at radius 1 is 1.10 bits per heavy atom. The van der Waals surface area contributed by atoms with Gasteiger partial charge in [-0.3, -0.25) is 4.79 Å². The average molecular weight is 294 g/mol. The zero-order chi connectivity index (χ0) is 16.3. The second-order valence-corrected chi connectivity index (χ2v) is 6.78. The molecule has 0 amide bonds. The quantitative estimate of drug-likeness (QED) is 0.779. The van der Waals surface area contributed by atoms with Gasteiger partial charge in [0.15, 0.2) is 0 Å². The van der Waals surface area contributed by atoms with E-state index in [1.54, 1.807) is 21.0 Å². The Morgan fingerprint density at radius 2 is 1.71 bits per heavy atom. The molecule has 0 aliphatic carbocycles. The van der Waals surface area contributed by atoms with Crippen LogP contribution in [0.25, 0.3) is 0 Å². The van der Waals surface area contributed by atoms with Gasteiger partial charge >= 0.3 is 5.97 Å². The molecule has 0 radical (unpaired) electrons. The zero-order valence-electron chi connectivity index (χ0n) is 14.1. The highest BCUT2D eigenvalue weighted by molar-refractivity contribution is 5.75. The third-order valence-corrected chi connectivity index (χ3v) is 3.32. The molecule has 1 aromatic rings. The van der Waals surface area contributed by atoms with Gasteiger partial charge in [0.2, 0.25) is 0 Å². The summed E-state index contributed by atoms with van der Waals surface area (Å²) in [7, 11) is 3.03. The molecule has 0 aliphatic heterocycles. The molecule has 1 aromatic carbocycles. The number of hydrogen-bond donors (Lipinski definition) is 0. The molecule has 0 fully saturated rings. The summed E-state index contributed by atoms with van der Waals surface area (Å²) in [4.78, 5) is 11.7. The van der Waals surface area contributed by atoms with Crippen LogP contribution < -0.4 is 9.47 Å². The van der Waals surface area contributed by atoms with E-state index < -0.39 is 5.41 Å². The van der Waals surface area contributed by atoms with Crippen molar-refractivity contribution in [2.24, 2.45) is 5.41 Å². The number of ether oxygens (including phenoxy) is 3. The molecule has 4 heteroatoms. The van der Waals surface area contributed by atoms with E-state index in [1.165, 1.54) is 7.11 Å². The number of carbonyl (C=O) groups excluding carboxylic acids is 1. The lowest BCUT2D eigenvalue weighted by Crippen LogP contribution is -2.32. The molecule has 0 spiro atoms. The molecule has 21 heavy (non-hydrogen) atoms. The van der Waals surface area contributed by atoms with Gasteiger partial charge in [0.05, 0.1) is 19.6 Å². The van der Waals surface area contributed by atoms with Gasteiger partial charge < -0.3 is 14.2 Å². The van der Waals surface area contributed by atoms with Crippen molar-refractivity contribution in [3.05, 3.63) is 23.8 Å². The third-order valence-electron chi connectivity index (χ3n) is 3.32. The smallest absolute Gasteiger partial charge is 0.314 e. The highest BCUT2D eigenvalue weighted by atomic mass is 16.5. The molecule has 0 saturated carbocycles. The van der Waals surface area contributed by atoms with Gasteiger partial charge in [0, 0.05) is 5.56 Å². The Morgan fingerprint density at radius 3 is 2.19 bits per heavy atom. The van der Waals surface area contributed by atoms with Crippen molar-refractivity contribution >= 4 is 5.97 Å². The van der Waals surface area contributed by atoms with E-state index in [9.17, 15) is 4.79 Å². The van der Waals surface area contributed by atoms with Crippen molar-refractivity contribution in [1.82, 2.24) is 0 Å². The van der Waals surface area contributed by atoms with Gasteiger partial charge in [-0.05, 0) is 37.5 Å². The first-order valence-electron chi connectivity index (χ1n) is 7.01.